The highest BCUT2D eigenvalue weighted by Gasteiger charge is 2.12. The summed E-state index contributed by atoms with van der Waals surface area (Å²) in [4.78, 5) is 1.41. The minimum Gasteiger partial charge on any atom is -0.389 e. The fourth-order valence-electron chi connectivity index (χ4n) is 1.80. The molecule has 0 aliphatic heterocycles. The zero-order chi connectivity index (χ0) is 14.7. The van der Waals surface area contributed by atoms with E-state index in [0.717, 1.165) is 26.3 Å². The average Bonchev–Trinajstić information content (AvgIpc) is 2.42. The maximum absolute atomic E-state index is 6.03. The normalized spacial score (nSPS) is 10.3. The molecule has 2 aromatic carbocycles. The molecular weight excluding hydrogens is 376 g/mol. The van der Waals surface area contributed by atoms with Gasteiger partial charge in [-0.2, -0.15) is 0 Å². The van der Waals surface area contributed by atoms with E-state index in [1.807, 2.05) is 42.7 Å². The first kappa shape index (κ1) is 15.6. The van der Waals surface area contributed by atoms with Crippen LogP contribution in [0.3, 0.4) is 0 Å². The lowest BCUT2D eigenvalue weighted by Crippen LogP contribution is -2.13. The zero-order valence-corrected chi connectivity index (χ0v) is 14.6. The Morgan fingerprint density at radius 3 is 2.70 bits per heavy atom. The van der Waals surface area contributed by atoms with Crippen molar-refractivity contribution >= 4 is 67.9 Å². The maximum atomic E-state index is 6.03. The number of thiocarbonyl (C=S) groups is 1. The SMILES string of the molecule is CSc1cccc(Nc2cc(Cl)ccc2Br)c1C(N)=S. The van der Waals surface area contributed by atoms with Crippen LogP contribution in [0.25, 0.3) is 0 Å². The summed E-state index contributed by atoms with van der Waals surface area (Å²) in [7, 11) is 0. The van der Waals surface area contributed by atoms with E-state index < -0.39 is 0 Å². The predicted octanol–water partition coefficient (Wildman–Crippen LogP) is 5.20. The van der Waals surface area contributed by atoms with Crippen LogP contribution in [0.5, 0.6) is 0 Å². The van der Waals surface area contributed by atoms with E-state index in [1.54, 1.807) is 11.8 Å². The van der Waals surface area contributed by atoms with Crippen LogP contribution in [-0.4, -0.2) is 11.2 Å². The summed E-state index contributed by atoms with van der Waals surface area (Å²) in [6.45, 7) is 0. The lowest BCUT2D eigenvalue weighted by molar-refractivity contribution is 1.39. The van der Waals surface area contributed by atoms with Gasteiger partial charge in [0.2, 0.25) is 0 Å². The first-order valence-corrected chi connectivity index (χ1v) is 8.52. The zero-order valence-electron chi connectivity index (χ0n) is 10.6. The van der Waals surface area contributed by atoms with Gasteiger partial charge in [-0.1, -0.05) is 29.9 Å². The minimum atomic E-state index is 0.371. The van der Waals surface area contributed by atoms with Gasteiger partial charge in [-0.3, -0.25) is 0 Å². The molecule has 20 heavy (non-hydrogen) atoms. The topological polar surface area (TPSA) is 38.0 Å². The number of nitrogens with two attached hydrogens (primary N) is 1. The van der Waals surface area contributed by atoms with E-state index in [2.05, 4.69) is 21.2 Å². The van der Waals surface area contributed by atoms with Crippen molar-refractivity contribution < 1.29 is 0 Å². The molecule has 0 radical (unpaired) electrons. The minimum absolute atomic E-state index is 0.371. The molecule has 0 unspecified atom stereocenters. The van der Waals surface area contributed by atoms with Gasteiger partial charge < -0.3 is 11.1 Å². The summed E-state index contributed by atoms with van der Waals surface area (Å²) in [5.41, 5.74) is 8.44. The third-order valence-corrected chi connectivity index (χ3v) is 4.60. The molecule has 3 N–H and O–H groups in total. The first-order chi connectivity index (χ1) is 9.52. The fourth-order valence-corrected chi connectivity index (χ4v) is 3.24. The Hall–Kier alpha value is -0.750. The Labute approximate surface area is 141 Å². The Balaban J connectivity index is 2.48. The van der Waals surface area contributed by atoms with Crippen LogP contribution in [0.1, 0.15) is 5.56 Å². The van der Waals surface area contributed by atoms with Crippen molar-refractivity contribution in [1.29, 1.82) is 0 Å². The average molecular weight is 388 g/mol. The van der Waals surface area contributed by atoms with Crippen molar-refractivity contribution in [3.8, 4) is 0 Å². The molecule has 0 saturated heterocycles. The van der Waals surface area contributed by atoms with Gasteiger partial charge in [-0.25, -0.2) is 0 Å². The summed E-state index contributed by atoms with van der Waals surface area (Å²) in [6.07, 6.45) is 2.00. The highest BCUT2D eigenvalue weighted by molar-refractivity contribution is 9.10. The molecule has 0 atom stereocenters. The summed E-state index contributed by atoms with van der Waals surface area (Å²) in [6, 6.07) is 11.5. The van der Waals surface area contributed by atoms with Crippen molar-refractivity contribution in [3.63, 3.8) is 0 Å². The first-order valence-electron chi connectivity index (χ1n) is 5.72. The van der Waals surface area contributed by atoms with Crippen LogP contribution in [0.15, 0.2) is 45.8 Å². The van der Waals surface area contributed by atoms with Gasteiger partial charge in [0.1, 0.15) is 4.99 Å². The Kier molecular flexibility index (Phi) is 5.32. The van der Waals surface area contributed by atoms with Crippen molar-refractivity contribution in [2.24, 2.45) is 5.73 Å². The number of thioether (sulfide) groups is 1. The number of halogens is 2. The molecule has 2 aromatic rings. The second-order valence-corrected chi connectivity index (χ2v) is 6.57. The second kappa shape index (κ2) is 6.80. The number of hydrogen-bond donors (Lipinski definition) is 2. The molecule has 0 spiro atoms. The Morgan fingerprint density at radius 2 is 2.05 bits per heavy atom. The van der Waals surface area contributed by atoms with E-state index in [0.29, 0.717) is 10.0 Å². The molecule has 0 aromatic heterocycles. The van der Waals surface area contributed by atoms with Crippen LogP contribution in [0.4, 0.5) is 11.4 Å². The second-order valence-electron chi connectivity index (χ2n) is 4.00. The van der Waals surface area contributed by atoms with E-state index in [-0.39, 0.29) is 0 Å². The van der Waals surface area contributed by atoms with Crippen molar-refractivity contribution in [2.45, 2.75) is 4.90 Å². The smallest absolute Gasteiger partial charge is 0.107 e. The molecule has 6 heteroatoms. The van der Waals surface area contributed by atoms with Crippen LogP contribution >= 0.6 is 51.5 Å². The van der Waals surface area contributed by atoms with Crippen molar-refractivity contribution in [1.82, 2.24) is 0 Å². The molecule has 0 bridgehead atoms. The van der Waals surface area contributed by atoms with Gasteiger partial charge in [-0.05, 0) is 52.5 Å². The van der Waals surface area contributed by atoms with Crippen LogP contribution in [0, 0.1) is 0 Å². The summed E-state index contributed by atoms with van der Waals surface area (Å²) in [5.74, 6) is 0. The van der Waals surface area contributed by atoms with Gasteiger partial charge in [0.15, 0.2) is 0 Å². The summed E-state index contributed by atoms with van der Waals surface area (Å²) < 4.78 is 0.922. The Morgan fingerprint density at radius 1 is 1.30 bits per heavy atom. The van der Waals surface area contributed by atoms with Crippen LogP contribution < -0.4 is 11.1 Å². The van der Waals surface area contributed by atoms with Gasteiger partial charge in [0.05, 0.1) is 5.69 Å². The summed E-state index contributed by atoms with van der Waals surface area (Å²) >= 11 is 16.3. The summed E-state index contributed by atoms with van der Waals surface area (Å²) in [5, 5.41) is 3.99. The van der Waals surface area contributed by atoms with Gasteiger partial charge in [0.25, 0.3) is 0 Å². The molecule has 0 aliphatic rings. The van der Waals surface area contributed by atoms with Crippen LogP contribution in [-0.2, 0) is 0 Å². The molecular formula is C14H12BrClN2S2. The molecule has 0 heterocycles. The largest absolute Gasteiger partial charge is 0.389 e. The number of rotatable bonds is 4. The standard InChI is InChI=1S/C14H12BrClN2S2/c1-20-12-4-2-3-10(13(12)14(17)19)18-11-7-8(16)5-6-9(11)15/h2-7,18H,1H3,(H2,17,19). The van der Waals surface area contributed by atoms with Crippen molar-refractivity contribution in [3.05, 3.63) is 51.5 Å². The fraction of sp³-hybridized carbons (Fsp3) is 0.0714. The molecule has 2 rings (SSSR count). The van der Waals surface area contributed by atoms with E-state index in [1.165, 1.54) is 0 Å². The Bertz CT molecular complexity index is 662. The number of nitrogens with one attached hydrogen (secondary N) is 1. The molecule has 0 aliphatic carbocycles. The predicted molar refractivity (Wildman–Crippen MR) is 96.5 cm³/mol. The number of hydrogen-bond acceptors (Lipinski definition) is 3. The molecule has 104 valence electrons. The lowest BCUT2D eigenvalue weighted by atomic mass is 10.1. The molecule has 0 saturated carbocycles. The van der Waals surface area contributed by atoms with E-state index >= 15 is 0 Å². The van der Waals surface area contributed by atoms with Crippen molar-refractivity contribution in [2.75, 3.05) is 11.6 Å². The number of benzene rings is 2. The molecule has 2 nitrogen and oxygen atoms in total. The van der Waals surface area contributed by atoms with Gasteiger partial charge >= 0.3 is 0 Å². The third kappa shape index (κ3) is 3.47. The monoisotopic (exact) mass is 386 g/mol. The van der Waals surface area contributed by atoms with Crippen LogP contribution in [0.2, 0.25) is 5.02 Å². The maximum Gasteiger partial charge on any atom is 0.107 e. The van der Waals surface area contributed by atoms with Gasteiger partial charge in [0, 0.05) is 25.6 Å². The van der Waals surface area contributed by atoms with E-state index in [4.69, 9.17) is 29.6 Å². The van der Waals surface area contributed by atoms with Gasteiger partial charge in [-0.15, -0.1) is 11.8 Å². The quantitative estimate of drug-likeness (QED) is 0.558. The lowest BCUT2D eigenvalue weighted by Gasteiger charge is -2.15. The van der Waals surface area contributed by atoms with E-state index in [9.17, 15) is 0 Å². The third-order valence-electron chi connectivity index (χ3n) is 2.69. The number of anilines is 2. The highest BCUT2D eigenvalue weighted by atomic mass is 79.9. The molecule has 0 fully saturated rings. The molecule has 0 amide bonds. The highest BCUT2D eigenvalue weighted by Crippen LogP contribution is 2.33.